The first-order chi connectivity index (χ1) is 19.3. The van der Waals surface area contributed by atoms with Crippen LogP contribution in [0.25, 0.3) is 0 Å². The van der Waals surface area contributed by atoms with Crippen LogP contribution in [0, 0.1) is 5.92 Å². The molecule has 1 aromatic carbocycles. The standard InChI is InChI=1S/C30H44N6O4/c1-21(2)40-20-6-15-35-29(39)25-7-4-5-8-26(25)36-27(31-32-30(35)36)13-14-28(38)34-18-16-33(17-19-34)24-11-9-23(10-12-24)22(3)37/h9-12,21,25-26,30,32H,4-8,13-20H2,1-3H3. The fourth-order valence-corrected chi connectivity index (χ4v) is 6.52. The van der Waals surface area contributed by atoms with Gasteiger partial charge in [-0.05, 0) is 64.3 Å². The van der Waals surface area contributed by atoms with Crippen molar-refractivity contribution in [3.63, 3.8) is 0 Å². The Bertz CT molecular complexity index is 1100. The Kier molecular flexibility index (Phi) is 8.93. The molecule has 3 heterocycles. The van der Waals surface area contributed by atoms with Gasteiger partial charge in [0.05, 0.1) is 12.0 Å². The highest BCUT2D eigenvalue weighted by atomic mass is 16.5. The third-order valence-corrected chi connectivity index (χ3v) is 8.68. The maximum atomic E-state index is 13.5. The van der Waals surface area contributed by atoms with Gasteiger partial charge in [0, 0.05) is 69.5 Å². The molecule has 40 heavy (non-hydrogen) atoms. The van der Waals surface area contributed by atoms with Gasteiger partial charge in [-0.2, -0.15) is 5.10 Å². The number of nitrogens with zero attached hydrogens (tertiary/aromatic N) is 5. The van der Waals surface area contributed by atoms with Crippen LogP contribution in [0.2, 0.25) is 0 Å². The van der Waals surface area contributed by atoms with Gasteiger partial charge in [0.25, 0.3) is 0 Å². The number of hydrogen-bond donors (Lipinski definition) is 1. The number of fused-ring (bicyclic) bond motifs is 3. The van der Waals surface area contributed by atoms with E-state index in [2.05, 4.69) is 20.3 Å². The fourth-order valence-electron chi connectivity index (χ4n) is 6.52. The lowest BCUT2D eigenvalue weighted by Gasteiger charge is -2.50. The zero-order chi connectivity index (χ0) is 28.2. The highest BCUT2D eigenvalue weighted by Gasteiger charge is 2.50. The van der Waals surface area contributed by atoms with Crippen molar-refractivity contribution in [3.05, 3.63) is 29.8 Å². The first kappa shape index (κ1) is 28.4. The second-order valence-electron chi connectivity index (χ2n) is 11.7. The number of hydrazone groups is 1. The summed E-state index contributed by atoms with van der Waals surface area (Å²) in [6.07, 6.45) is 5.77. The molecule has 218 valence electrons. The van der Waals surface area contributed by atoms with E-state index in [1.54, 1.807) is 6.92 Å². The van der Waals surface area contributed by atoms with E-state index in [1.807, 2.05) is 47.9 Å². The maximum Gasteiger partial charge on any atom is 0.230 e. The minimum atomic E-state index is -0.270. The molecule has 3 unspecified atom stereocenters. The summed E-state index contributed by atoms with van der Waals surface area (Å²) in [5, 5.41) is 4.67. The predicted octanol–water partition coefficient (Wildman–Crippen LogP) is 3.04. The highest BCUT2D eigenvalue weighted by Crippen LogP contribution is 2.38. The van der Waals surface area contributed by atoms with E-state index in [0.717, 1.165) is 56.7 Å². The molecule has 1 aliphatic carbocycles. The molecule has 2 saturated heterocycles. The van der Waals surface area contributed by atoms with Crippen LogP contribution in [0.4, 0.5) is 5.69 Å². The summed E-state index contributed by atoms with van der Waals surface area (Å²) in [6, 6.07) is 7.85. The van der Waals surface area contributed by atoms with Crippen molar-refractivity contribution in [2.24, 2.45) is 11.0 Å². The topological polar surface area (TPSA) is 97.8 Å². The van der Waals surface area contributed by atoms with Gasteiger partial charge in [0.15, 0.2) is 12.1 Å². The number of carbonyl (C=O) groups is 3. The fraction of sp³-hybridized carbons (Fsp3) is 0.667. The quantitative estimate of drug-likeness (QED) is 0.352. The lowest BCUT2D eigenvalue weighted by Crippen LogP contribution is -2.67. The molecular formula is C30H44N6O4. The third-order valence-electron chi connectivity index (χ3n) is 8.68. The molecule has 3 atom stereocenters. The molecule has 1 saturated carbocycles. The number of anilines is 1. The van der Waals surface area contributed by atoms with Crippen LogP contribution >= 0.6 is 0 Å². The number of amides is 2. The predicted molar refractivity (Wildman–Crippen MR) is 154 cm³/mol. The van der Waals surface area contributed by atoms with Gasteiger partial charge in [0.1, 0.15) is 5.84 Å². The number of ketones is 1. The number of hydrogen-bond acceptors (Lipinski definition) is 8. The summed E-state index contributed by atoms with van der Waals surface area (Å²) in [5.74, 6) is 1.33. The number of amidine groups is 1. The van der Waals surface area contributed by atoms with Gasteiger partial charge in [0.2, 0.25) is 11.8 Å². The first-order valence-corrected chi connectivity index (χ1v) is 15.0. The maximum absolute atomic E-state index is 13.5. The Morgan fingerprint density at radius 2 is 1.80 bits per heavy atom. The zero-order valence-electron chi connectivity index (χ0n) is 24.2. The molecule has 0 radical (unpaired) electrons. The van der Waals surface area contributed by atoms with Gasteiger partial charge in [-0.15, -0.1) is 0 Å². The first-order valence-electron chi connectivity index (χ1n) is 15.0. The molecule has 1 N–H and O–H groups in total. The largest absolute Gasteiger partial charge is 0.379 e. The molecule has 0 spiro atoms. The number of benzene rings is 1. The van der Waals surface area contributed by atoms with Crippen LogP contribution in [0.3, 0.4) is 0 Å². The molecule has 0 aromatic heterocycles. The number of piperazine rings is 1. The Morgan fingerprint density at radius 3 is 2.50 bits per heavy atom. The van der Waals surface area contributed by atoms with Gasteiger partial charge in [-0.1, -0.05) is 12.8 Å². The van der Waals surface area contributed by atoms with Crippen LogP contribution in [-0.2, 0) is 14.3 Å². The van der Waals surface area contributed by atoms with E-state index in [1.165, 1.54) is 0 Å². The van der Waals surface area contributed by atoms with Crippen LogP contribution in [0.5, 0.6) is 0 Å². The lowest BCUT2D eigenvalue weighted by atomic mass is 9.80. The molecule has 10 nitrogen and oxygen atoms in total. The van der Waals surface area contributed by atoms with Crippen molar-refractivity contribution in [2.45, 2.75) is 84.2 Å². The van der Waals surface area contributed by atoms with Crippen molar-refractivity contribution in [1.82, 2.24) is 20.1 Å². The van der Waals surface area contributed by atoms with Gasteiger partial charge in [-0.25, -0.2) is 0 Å². The van der Waals surface area contributed by atoms with Crippen molar-refractivity contribution in [3.8, 4) is 0 Å². The molecule has 1 aromatic rings. The number of nitrogens with one attached hydrogen (secondary N) is 1. The van der Waals surface area contributed by atoms with Gasteiger partial charge < -0.3 is 24.3 Å². The van der Waals surface area contributed by atoms with Crippen molar-refractivity contribution in [2.75, 3.05) is 44.2 Å². The second kappa shape index (κ2) is 12.6. The molecule has 3 fully saturated rings. The minimum Gasteiger partial charge on any atom is -0.379 e. The monoisotopic (exact) mass is 552 g/mol. The Hall–Kier alpha value is -3.14. The molecule has 2 amide bonds. The van der Waals surface area contributed by atoms with Crippen molar-refractivity contribution in [1.29, 1.82) is 0 Å². The SMILES string of the molecule is CC(=O)c1ccc(N2CCN(C(=O)CCC3=NNC4N(CCCOC(C)C)C(=O)C5CCCCC5N34)CC2)cc1. The summed E-state index contributed by atoms with van der Waals surface area (Å²) in [6.45, 7) is 9.77. The highest BCUT2D eigenvalue weighted by molar-refractivity contribution is 5.94. The Morgan fingerprint density at radius 1 is 1.07 bits per heavy atom. The summed E-state index contributed by atoms with van der Waals surface area (Å²) < 4.78 is 5.72. The summed E-state index contributed by atoms with van der Waals surface area (Å²) in [5.41, 5.74) is 5.03. The Labute approximate surface area is 237 Å². The van der Waals surface area contributed by atoms with E-state index in [0.29, 0.717) is 44.6 Å². The molecule has 10 heteroatoms. The summed E-state index contributed by atoms with van der Waals surface area (Å²) in [7, 11) is 0. The zero-order valence-corrected chi connectivity index (χ0v) is 24.2. The van der Waals surface area contributed by atoms with E-state index in [4.69, 9.17) is 4.74 Å². The number of rotatable bonds is 10. The van der Waals surface area contributed by atoms with E-state index in [-0.39, 0.29) is 42.0 Å². The summed E-state index contributed by atoms with van der Waals surface area (Å²) in [4.78, 5) is 46.7. The third kappa shape index (κ3) is 6.11. The van der Waals surface area contributed by atoms with Crippen LogP contribution in [-0.4, -0.2) is 95.9 Å². The normalized spacial score (nSPS) is 24.6. The minimum absolute atomic E-state index is 0.00518. The number of Topliss-reactive ketones (excluding diaryl/α,β-unsaturated/α-hetero) is 1. The van der Waals surface area contributed by atoms with Crippen molar-refractivity contribution < 1.29 is 19.1 Å². The Balaban J connectivity index is 1.15. The summed E-state index contributed by atoms with van der Waals surface area (Å²) >= 11 is 0. The molecule has 5 rings (SSSR count). The van der Waals surface area contributed by atoms with E-state index in [9.17, 15) is 14.4 Å². The van der Waals surface area contributed by atoms with E-state index < -0.39 is 0 Å². The average Bonchev–Trinajstić information content (AvgIpc) is 3.39. The average molecular weight is 553 g/mol. The smallest absolute Gasteiger partial charge is 0.230 e. The van der Waals surface area contributed by atoms with Crippen LogP contribution in [0.15, 0.2) is 29.4 Å². The lowest BCUT2D eigenvalue weighted by molar-refractivity contribution is -0.156. The molecular weight excluding hydrogens is 508 g/mol. The second-order valence-corrected chi connectivity index (χ2v) is 11.7. The van der Waals surface area contributed by atoms with Crippen molar-refractivity contribution >= 4 is 29.1 Å². The number of ether oxygens (including phenoxy) is 1. The van der Waals surface area contributed by atoms with Gasteiger partial charge in [-0.3, -0.25) is 19.8 Å². The van der Waals surface area contributed by atoms with E-state index >= 15 is 0 Å². The molecule has 0 bridgehead atoms. The van der Waals surface area contributed by atoms with Gasteiger partial charge >= 0.3 is 0 Å². The molecule has 3 aliphatic heterocycles. The van der Waals surface area contributed by atoms with Crippen LogP contribution in [0.1, 0.15) is 76.1 Å². The molecule has 4 aliphatic rings. The van der Waals surface area contributed by atoms with Crippen LogP contribution < -0.4 is 10.3 Å². The number of carbonyl (C=O) groups excluding carboxylic acids is 3.